The van der Waals surface area contributed by atoms with E-state index in [0.717, 1.165) is 30.8 Å². The Morgan fingerprint density at radius 2 is 2.22 bits per heavy atom. The van der Waals surface area contributed by atoms with Crippen LogP contribution in [-0.2, 0) is 11.2 Å². The molecule has 2 heterocycles. The number of fused-ring (bicyclic) bond motifs is 1. The summed E-state index contributed by atoms with van der Waals surface area (Å²) in [5.41, 5.74) is 9.72. The average Bonchev–Trinajstić information content (AvgIpc) is 2.91. The second-order valence-corrected chi connectivity index (χ2v) is 5.62. The summed E-state index contributed by atoms with van der Waals surface area (Å²) in [6, 6.07) is 8.02. The Kier molecular flexibility index (Phi) is 3.70. The van der Waals surface area contributed by atoms with E-state index in [2.05, 4.69) is 11.0 Å². The van der Waals surface area contributed by atoms with Gasteiger partial charge < -0.3 is 19.9 Å². The lowest BCUT2D eigenvalue weighted by Gasteiger charge is -2.28. The lowest BCUT2D eigenvalue weighted by molar-refractivity contribution is 0.0593. The summed E-state index contributed by atoms with van der Waals surface area (Å²) in [5, 5.41) is 9.19. The SMILES string of the molecule is COC(=O)c1c(N)c(C#N)cn1-c1ccc2c(c1)N(C)CCC2. The summed E-state index contributed by atoms with van der Waals surface area (Å²) in [6.07, 6.45) is 3.75. The Balaban J connectivity index is 2.18. The molecule has 1 aliphatic heterocycles. The molecule has 1 aliphatic rings. The molecule has 0 aliphatic carbocycles. The Labute approximate surface area is 134 Å². The Morgan fingerprint density at radius 3 is 2.91 bits per heavy atom. The Morgan fingerprint density at radius 1 is 1.43 bits per heavy atom. The minimum absolute atomic E-state index is 0.144. The molecule has 1 aromatic carbocycles. The third kappa shape index (κ3) is 2.40. The number of rotatable bonds is 2. The Hall–Kier alpha value is -2.94. The fourth-order valence-electron chi connectivity index (χ4n) is 3.01. The minimum Gasteiger partial charge on any atom is -0.464 e. The normalized spacial score (nSPS) is 13.3. The minimum atomic E-state index is -0.560. The van der Waals surface area contributed by atoms with Crippen LogP contribution in [0, 0.1) is 11.3 Å². The van der Waals surface area contributed by atoms with Crippen LogP contribution in [0.2, 0.25) is 0 Å². The van der Waals surface area contributed by atoms with Gasteiger partial charge in [0.1, 0.15) is 6.07 Å². The van der Waals surface area contributed by atoms with Crippen LogP contribution in [-0.4, -0.2) is 31.2 Å². The van der Waals surface area contributed by atoms with Crippen molar-refractivity contribution in [2.45, 2.75) is 12.8 Å². The van der Waals surface area contributed by atoms with Gasteiger partial charge in [-0.3, -0.25) is 0 Å². The van der Waals surface area contributed by atoms with Gasteiger partial charge in [0.15, 0.2) is 5.69 Å². The maximum absolute atomic E-state index is 12.1. The van der Waals surface area contributed by atoms with Gasteiger partial charge >= 0.3 is 5.97 Å². The lowest BCUT2D eigenvalue weighted by atomic mass is 10.0. The van der Waals surface area contributed by atoms with Crippen molar-refractivity contribution in [3.05, 3.63) is 41.2 Å². The summed E-state index contributed by atoms with van der Waals surface area (Å²) in [6.45, 7) is 0.998. The zero-order valence-corrected chi connectivity index (χ0v) is 13.2. The fourth-order valence-corrected chi connectivity index (χ4v) is 3.01. The Bertz CT molecular complexity index is 817. The number of aryl methyl sites for hydroxylation is 1. The van der Waals surface area contributed by atoms with Gasteiger partial charge in [-0.15, -0.1) is 0 Å². The van der Waals surface area contributed by atoms with Gasteiger partial charge in [-0.1, -0.05) is 6.07 Å². The maximum atomic E-state index is 12.1. The molecular weight excluding hydrogens is 292 g/mol. The molecule has 6 nitrogen and oxygen atoms in total. The van der Waals surface area contributed by atoms with Gasteiger partial charge in [0.2, 0.25) is 0 Å². The smallest absolute Gasteiger partial charge is 0.357 e. The van der Waals surface area contributed by atoms with Crippen LogP contribution in [0.4, 0.5) is 11.4 Å². The predicted octanol–water partition coefficient (Wildman–Crippen LogP) is 2.10. The fraction of sp³-hybridized carbons (Fsp3) is 0.294. The number of methoxy groups -OCH3 is 1. The van der Waals surface area contributed by atoms with E-state index in [1.54, 1.807) is 10.8 Å². The van der Waals surface area contributed by atoms with E-state index in [4.69, 9.17) is 10.5 Å². The predicted molar refractivity (Wildman–Crippen MR) is 87.8 cm³/mol. The molecule has 0 spiro atoms. The van der Waals surface area contributed by atoms with Crippen molar-refractivity contribution < 1.29 is 9.53 Å². The highest BCUT2D eigenvalue weighted by atomic mass is 16.5. The van der Waals surface area contributed by atoms with E-state index in [0.29, 0.717) is 0 Å². The number of nitrogens with zero attached hydrogens (tertiary/aromatic N) is 3. The standard InChI is InChI=1S/C17H18N4O2/c1-20-7-3-4-11-5-6-13(8-14(11)20)21-10-12(9-18)15(19)16(21)17(22)23-2/h5-6,8,10H,3-4,7,19H2,1-2H3. The van der Waals surface area contributed by atoms with Crippen molar-refractivity contribution in [2.24, 2.45) is 0 Å². The van der Waals surface area contributed by atoms with Crippen molar-refractivity contribution >= 4 is 17.3 Å². The van der Waals surface area contributed by atoms with Gasteiger partial charge in [0.05, 0.1) is 18.4 Å². The second-order valence-electron chi connectivity index (χ2n) is 5.62. The van der Waals surface area contributed by atoms with Crippen molar-refractivity contribution in [3.63, 3.8) is 0 Å². The summed E-state index contributed by atoms with van der Waals surface area (Å²) in [5.74, 6) is -0.560. The molecule has 2 aromatic rings. The first-order valence-corrected chi connectivity index (χ1v) is 7.40. The molecular formula is C17H18N4O2. The number of hydrogen-bond acceptors (Lipinski definition) is 5. The highest BCUT2D eigenvalue weighted by Gasteiger charge is 2.23. The molecule has 0 atom stereocenters. The first-order valence-electron chi connectivity index (χ1n) is 7.40. The van der Waals surface area contributed by atoms with Crippen molar-refractivity contribution in [1.29, 1.82) is 5.26 Å². The number of esters is 1. The topological polar surface area (TPSA) is 84.3 Å². The molecule has 0 radical (unpaired) electrons. The molecule has 118 valence electrons. The van der Waals surface area contributed by atoms with Gasteiger partial charge in [-0.2, -0.15) is 5.26 Å². The molecule has 0 fully saturated rings. The third-order valence-electron chi connectivity index (χ3n) is 4.24. The third-order valence-corrected chi connectivity index (χ3v) is 4.24. The molecule has 3 rings (SSSR count). The van der Waals surface area contributed by atoms with Crippen molar-refractivity contribution in [3.8, 4) is 11.8 Å². The number of hydrogen-bond donors (Lipinski definition) is 1. The molecule has 1 aromatic heterocycles. The van der Waals surface area contributed by atoms with E-state index in [1.165, 1.54) is 12.7 Å². The van der Waals surface area contributed by atoms with E-state index in [1.807, 2.05) is 25.2 Å². The number of nitrogens with two attached hydrogens (primary N) is 1. The monoisotopic (exact) mass is 310 g/mol. The molecule has 0 amide bonds. The number of nitrogen functional groups attached to an aromatic ring is 1. The molecule has 0 saturated heterocycles. The summed E-state index contributed by atoms with van der Waals surface area (Å²) >= 11 is 0. The molecule has 0 unspecified atom stereocenters. The number of carbonyl (C=O) groups is 1. The molecule has 0 bridgehead atoms. The van der Waals surface area contributed by atoms with Gasteiger partial charge in [0, 0.05) is 31.2 Å². The van der Waals surface area contributed by atoms with Crippen LogP contribution >= 0.6 is 0 Å². The maximum Gasteiger partial charge on any atom is 0.357 e. The highest BCUT2D eigenvalue weighted by molar-refractivity contribution is 5.96. The number of anilines is 2. The largest absolute Gasteiger partial charge is 0.464 e. The van der Waals surface area contributed by atoms with Crippen molar-refractivity contribution in [1.82, 2.24) is 4.57 Å². The van der Waals surface area contributed by atoms with Crippen LogP contribution in [0.3, 0.4) is 0 Å². The van der Waals surface area contributed by atoms with Crippen LogP contribution < -0.4 is 10.6 Å². The number of ether oxygens (including phenoxy) is 1. The lowest BCUT2D eigenvalue weighted by Crippen LogP contribution is -2.24. The van der Waals surface area contributed by atoms with Crippen LogP contribution in [0.15, 0.2) is 24.4 Å². The molecule has 23 heavy (non-hydrogen) atoms. The summed E-state index contributed by atoms with van der Waals surface area (Å²) in [4.78, 5) is 14.3. The summed E-state index contributed by atoms with van der Waals surface area (Å²) < 4.78 is 6.44. The zero-order chi connectivity index (χ0) is 16.6. The average molecular weight is 310 g/mol. The van der Waals surface area contributed by atoms with Crippen LogP contribution in [0.25, 0.3) is 5.69 Å². The van der Waals surface area contributed by atoms with E-state index in [9.17, 15) is 10.1 Å². The number of aromatic nitrogens is 1. The summed E-state index contributed by atoms with van der Waals surface area (Å²) in [7, 11) is 3.35. The highest BCUT2D eigenvalue weighted by Crippen LogP contribution is 2.31. The van der Waals surface area contributed by atoms with Gasteiger partial charge in [-0.05, 0) is 30.5 Å². The number of carbonyl (C=O) groups excluding carboxylic acids is 1. The van der Waals surface area contributed by atoms with E-state index in [-0.39, 0.29) is 16.9 Å². The molecule has 6 heteroatoms. The van der Waals surface area contributed by atoms with Gasteiger partial charge in [-0.25, -0.2) is 4.79 Å². The quantitative estimate of drug-likeness (QED) is 0.859. The first-order chi connectivity index (χ1) is 11.1. The van der Waals surface area contributed by atoms with Crippen LogP contribution in [0.1, 0.15) is 28.0 Å². The van der Waals surface area contributed by atoms with E-state index < -0.39 is 5.97 Å². The van der Waals surface area contributed by atoms with Crippen LogP contribution in [0.5, 0.6) is 0 Å². The van der Waals surface area contributed by atoms with E-state index >= 15 is 0 Å². The van der Waals surface area contributed by atoms with Gasteiger partial charge in [0.25, 0.3) is 0 Å². The molecule has 2 N–H and O–H groups in total. The first kappa shape index (κ1) is 15.0. The van der Waals surface area contributed by atoms with Crippen molar-refractivity contribution in [2.75, 3.05) is 31.3 Å². The number of nitriles is 1. The molecule has 0 saturated carbocycles. The number of benzene rings is 1. The second kappa shape index (κ2) is 5.69. The zero-order valence-electron chi connectivity index (χ0n) is 13.2.